The number of carbonyl (C=O) groups excluding carboxylic acids is 1. The van der Waals surface area contributed by atoms with Gasteiger partial charge in [0.05, 0.1) is 12.2 Å². The van der Waals surface area contributed by atoms with Crippen LogP contribution in [0.5, 0.6) is 0 Å². The molecule has 1 amide bonds. The summed E-state index contributed by atoms with van der Waals surface area (Å²) in [4.78, 5) is 13.8. The summed E-state index contributed by atoms with van der Waals surface area (Å²) in [5, 5.41) is 2.46. The molecule has 2 rings (SSSR count). The van der Waals surface area contributed by atoms with E-state index in [1.54, 1.807) is 0 Å². The second-order valence-corrected chi connectivity index (χ2v) is 5.77. The van der Waals surface area contributed by atoms with Gasteiger partial charge < -0.3 is 5.32 Å². The zero-order valence-electron chi connectivity index (χ0n) is 13.5. The average Bonchev–Trinajstić information content (AvgIpc) is 2.45. The molecule has 0 bridgehead atoms. The van der Waals surface area contributed by atoms with Crippen molar-refractivity contribution in [3.63, 3.8) is 0 Å². The van der Waals surface area contributed by atoms with Gasteiger partial charge in [-0.25, -0.2) is 8.78 Å². The van der Waals surface area contributed by atoms with Crippen molar-refractivity contribution in [1.82, 2.24) is 4.90 Å². The van der Waals surface area contributed by atoms with E-state index < -0.39 is 11.6 Å². The van der Waals surface area contributed by atoms with E-state index in [9.17, 15) is 13.6 Å². The van der Waals surface area contributed by atoms with Crippen LogP contribution >= 0.6 is 0 Å². The van der Waals surface area contributed by atoms with Gasteiger partial charge in [-0.1, -0.05) is 23.8 Å². The first-order valence-electron chi connectivity index (χ1n) is 7.34. The molecule has 0 spiro atoms. The Bertz CT molecular complexity index is 716. The van der Waals surface area contributed by atoms with Crippen LogP contribution in [0.15, 0.2) is 36.4 Å². The third-order valence-electron chi connectivity index (χ3n) is 3.56. The molecule has 0 aliphatic carbocycles. The van der Waals surface area contributed by atoms with Crippen molar-refractivity contribution < 1.29 is 13.6 Å². The van der Waals surface area contributed by atoms with Crippen LogP contribution in [0.2, 0.25) is 0 Å². The van der Waals surface area contributed by atoms with Gasteiger partial charge >= 0.3 is 0 Å². The Morgan fingerprint density at radius 2 is 1.87 bits per heavy atom. The van der Waals surface area contributed by atoms with E-state index in [2.05, 4.69) is 11.4 Å². The molecule has 0 fully saturated rings. The highest BCUT2D eigenvalue weighted by atomic mass is 19.1. The number of nitrogens with one attached hydrogen (secondary N) is 1. The maximum absolute atomic E-state index is 13.5. The maximum atomic E-state index is 13.5. The molecule has 0 atom stereocenters. The largest absolute Gasteiger partial charge is 0.322 e. The fourth-order valence-corrected chi connectivity index (χ4v) is 2.40. The minimum Gasteiger partial charge on any atom is -0.322 e. The van der Waals surface area contributed by atoms with Crippen molar-refractivity contribution in [1.29, 1.82) is 0 Å². The SMILES string of the molecule is Cc1ccc(CN(C)CC(=O)Nc2ccc(F)cc2F)c(C)c1. The van der Waals surface area contributed by atoms with Gasteiger partial charge in [0.1, 0.15) is 11.6 Å². The van der Waals surface area contributed by atoms with Crippen molar-refractivity contribution in [2.45, 2.75) is 20.4 Å². The highest BCUT2D eigenvalue weighted by molar-refractivity contribution is 5.92. The van der Waals surface area contributed by atoms with Crippen LogP contribution in [-0.4, -0.2) is 24.4 Å². The van der Waals surface area contributed by atoms with Crippen LogP contribution in [0.25, 0.3) is 0 Å². The normalized spacial score (nSPS) is 10.9. The number of likely N-dealkylation sites (N-methyl/N-ethyl adjacent to an activating group) is 1. The van der Waals surface area contributed by atoms with E-state index in [4.69, 9.17) is 0 Å². The maximum Gasteiger partial charge on any atom is 0.238 e. The number of aryl methyl sites for hydroxylation is 2. The van der Waals surface area contributed by atoms with Crippen molar-refractivity contribution in [3.05, 3.63) is 64.7 Å². The van der Waals surface area contributed by atoms with Crippen molar-refractivity contribution in [2.75, 3.05) is 18.9 Å². The van der Waals surface area contributed by atoms with Gasteiger partial charge in [-0.3, -0.25) is 9.69 Å². The van der Waals surface area contributed by atoms with Gasteiger partial charge in [-0.05, 0) is 44.2 Å². The lowest BCUT2D eigenvalue weighted by Gasteiger charge is -2.18. The fourth-order valence-electron chi connectivity index (χ4n) is 2.40. The van der Waals surface area contributed by atoms with E-state index in [0.29, 0.717) is 6.54 Å². The number of carbonyl (C=O) groups is 1. The van der Waals surface area contributed by atoms with Gasteiger partial charge in [0.2, 0.25) is 5.91 Å². The predicted octanol–water partition coefficient (Wildman–Crippen LogP) is 3.65. The van der Waals surface area contributed by atoms with Gasteiger partial charge in [-0.15, -0.1) is 0 Å². The number of hydrogen-bond donors (Lipinski definition) is 1. The minimum atomic E-state index is -0.782. The molecule has 2 aromatic carbocycles. The van der Waals surface area contributed by atoms with Gasteiger partial charge in [0.15, 0.2) is 0 Å². The first kappa shape index (κ1) is 17.1. The molecule has 3 nitrogen and oxygen atoms in total. The summed E-state index contributed by atoms with van der Waals surface area (Å²) >= 11 is 0. The van der Waals surface area contributed by atoms with E-state index >= 15 is 0 Å². The number of benzene rings is 2. The van der Waals surface area contributed by atoms with Gasteiger partial charge in [-0.2, -0.15) is 0 Å². The van der Waals surface area contributed by atoms with Crippen LogP contribution in [0.3, 0.4) is 0 Å². The quantitative estimate of drug-likeness (QED) is 0.912. The lowest BCUT2D eigenvalue weighted by Crippen LogP contribution is -2.30. The molecule has 0 heterocycles. The summed E-state index contributed by atoms with van der Waals surface area (Å²) in [6, 6.07) is 9.24. The Morgan fingerprint density at radius 1 is 1.13 bits per heavy atom. The molecule has 23 heavy (non-hydrogen) atoms. The fraction of sp³-hybridized carbons (Fsp3) is 0.278. The second-order valence-electron chi connectivity index (χ2n) is 5.77. The lowest BCUT2D eigenvalue weighted by atomic mass is 10.1. The van der Waals surface area contributed by atoms with Gasteiger partial charge in [0.25, 0.3) is 0 Å². The Labute approximate surface area is 134 Å². The molecule has 0 saturated heterocycles. The smallest absolute Gasteiger partial charge is 0.238 e. The van der Waals surface area contributed by atoms with Crippen LogP contribution in [0.1, 0.15) is 16.7 Å². The summed E-state index contributed by atoms with van der Waals surface area (Å²) in [5.41, 5.74) is 3.48. The second kappa shape index (κ2) is 7.33. The highest BCUT2D eigenvalue weighted by Crippen LogP contribution is 2.15. The highest BCUT2D eigenvalue weighted by Gasteiger charge is 2.11. The average molecular weight is 318 g/mol. The van der Waals surface area contributed by atoms with Crippen LogP contribution < -0.4 is 5.32 Å². The molecule has 0 saturated carbocycles. The first-order chi connectivity index (χ1) is 10.8. The molecule has 0 aliphatic heterocycles. The Morgan fingerprint density at radius 3 is 2.52 bits per heavy atom. The third-order valence-corrected chi connectivity index (χ3v) is 3.56. The number of halogens is 2. The predicted molar refractivity (Wildman–Crippen MR) is 87.2 cm³/mol. The first-order valence-corrected chi connectivity index (χ1v) is 7.34. The van der Waals surface area contributed by atoms with E-state index in [-0.39, 0.29) is 18.1 Å². The zero-order valence-corrected chi connectivity index (χ0v) is 13.5. The zero-order chi connectivity index (χ0) is 17.0. The summed E-state index contributed by atoms with van der Waals surface area (Å²) < 4.78 is 26.4. The molecular formula is C18H20F2N2O. The number of anilines is 1. The molecule has 0 radical (unpaired) electrons. The molecule has 0 aliphatic rings. The Balaban J connectivity index is 1.94. The molecule has 0 unspecified atom stereocenters. The van der Waals surface area contributed by atoms with E-state index in [0.717, 1.165) is 17.7 Å². The summed E-state index contributed by atoms with van der Waals surface area (Å²) in [7, 11) is 1.82. The van der Waals surface area contributed by atoms with Crippen LogP contribution in [0, 0.1) is 25.5 Å². The third kappa shape index (κ3) is 4.86. The molecule has 1 N–H and O–H groups in total. The molecule has 122 valence electrons. The number of nitrogens with zero attached hydrogens (tertiary/aromatic N) is 1. The van der Waals surface area contributed by atoms with Crippen molar-refractivity contribution >= 4 is 11.6 Å². The topological polar surface area (TPSA) is 32.3 Å². The van der Waals surface area contributed by atoms with Crippen molar-refractivity contribution in [3.8, 4) is 0 Å². The monoisotopic (exact) mass is 318 g/mol. The lowest BCUT2D eigenvalue weighted by molar-refractivity contribution is -0.117. The Hall–Kier alpha value is -2.27. The standard InChI is InChI=1S/C18H20F2N2O/c1-12-4-5-14(13(2)8-12)10-22(3)11-18(23)21-17-7-6-15(19)9-16(17)20/h4-9H,10-11H2,1-3H3,(H,21,23). The minimum absolute atomic E-state index is 0.0173. The molecule has 2 aromatic rings. The number of rotatable bonds is 5. The van der Waals surface area contributed by atoms with Crippen molar-refractivity contribution in [2.24, 2.45) is 0 Å². The molecule has 5 heteroatoms. The van der Waals surface area contributed by atoms with E-state index in [1.807, 2.05) is 37.9 Å². The van der Waals surface area contributed by atoms with E-state index in [1.165, 1.54) is 17.2 Å². The van der Waals surface area contributed by atoms with Crippen LogP contribution in [0.4, 0.5) is 14.5 Å². The number of hydrogen-bond acceptors (Lipinski definition) is 2. The molecule has 0 aromatic heterocycles. The molecular weight excluding hydrogens is 298 g/mol. The van der Waals surface area contributed by atoms with Crippen LogP contribution in [-0.2, 0) is 11.3 Å². The van der Waals surface area contributed by atoms with Gasteiger partial charge in [0, 0.05) is 12.6 Å². The Kier molecular flexibility index (Phi) is 5.45. The summed E-state index contributed by atoms with van der Waals surface area (Å²) in [6.07, 6.45) is 0. The summed E-state index contributed by atoms with van der Waals surface area (Å²) in [6.45, 7) is 4.80. The number of amides is 1. The summed E-state index contributed by atoms with van der Waals surface area (Å²) in [5.74, 6) is -1.80.